The number of nitrogens with zero attached hydrogens (tertiary/aromatic N) is 1. The molecule has 88 valence electrons. The Hall–Kier alpha value is -2.62. The van der Waals surface area contributed by atoms with Gasteiger partial charge in [0.1, 0.15) is 0 Å². The van der Waals surface area contributed by atoms with Gasteiger partial charge in [0.05, 0.1) is 0 Å². The van der Waals surface area contributed by atoms with Crippen molar-refractivity contribution in [3.8, 4) is 11.4 Å². The van der Waals surface area contributed by atoms with Gasteiger partial charge < -0.3 is 9.52 Å². The molecule has 0 aliphatic heterocycles. The van der Waals surface area contributed by atoms with Crippen molar-refractivity contribution in [1.82, 2.24) is 0 Å². The molecule has 0 saturated carbocycles. The smallest absolute Gasteiger partial charge is 0.286 e. The zero-order valence-corrected chi connectivity index (χ0v) is 9.50. The fourth-order valence-electron chi connectivity index (χ4n) is 1.89. The minimum absolute atomic E-state index is 0.0141. The number of benzene rings is 1. The summed E-state index contributed by atoms with van der Waals surface area (Å²) in [5, 5.41) is 18.3. The van der Waals surface area contributed by atoms with Crippen LogP contribution in [0.25, 0.3) is 16.7 Å². The number of rotatable bonds is 1. The molecule has 0 aliphatic rings. The molecule has 0 amide bonds. The molecule has 0 radical (unpaired) electrons. The Labute approximate surface area is 103 Å². The van der Waals surface area contributed by atoms with Gasteiger partial charge >= 0.3 is 0 Å². The SMILES string of the molecule is N=c1oc2c(O)cccc2cc1-[n+]1ccccc1. The van der Waals surface area contributed by atoms with Gasteiger partial charge in [-0.2, -0.15) is 4.57 Å². The maximum absolute atomic E-state index is 9.67. The molecule has 0 spiro atoms. The first-order chi connectivity index (χ1) is 8.75. The zero-order chi connectivity index (χ0) is 12.5. The van der Waals surface area contributed by atoms with Gasteiger partial charge in [-0.1, -0.05) is 18.2 Å². The van der Waals surface area contributed by atoms with Crippen LogP contribution >= 0.6 is 0 Å². The monoisotopic (exact) mass is 239 g/mol. The van der Waals surface area contributed by atoms with Gasteiger partial charge in [-0.3, -0.25) is 5.41 Å². The Kier molecular flexibility index (Phi) is 2.34. The number of aromatic nitrogens is 1. The van der Waals surface area contributed by atoms with E-state index >= 15 is 0 Å². The van der Waals surface area contributed by atoms with E-state index in [9.17, 15) is 5.11 Å². The van der Waals surface area contributed by atoms with Crippen molar-refractivity contribution in [2.75, 3.05) is 0 Å². The van der Waals surface area contributed by atoms with Crippen molar-refractivity contribution in [3.05, 3.63) is 60.4 Å². The normalized spacial score (nSPS) is 10.7. The summed E-state index contributed by atoms with van der Waals surface area (Å²) >= 11 is 0. The maximum Gasteiger partial charge on any atom is 0.286 e. The van der Waals surface area contributed by atoms with Crippen LogP contribution in [-0.4, -0.2) is 5.11 Å². The number of hydrogen-bond acceptors (Lipinski definition) is 3. The second-order valence-electron chi connectivity index (χ2n) is 3.94. The lowest BCUT2D eigenvalue weighted by atomic mass is 10.2. The highest BCUT2D eigenvalue weighted by atomic mass is 16.4. The topological polar surface area (TPSA) is 61.1 Å². The van der Waals surface area contributed by atoms with E-state index < -0.39 is 0 Å². The Balaban J connectivity index is 2.33. The molecule has 1 aromatic carbocycles. The molecule has 0 aliphatic carbocycles. The lowest BCUT2D eigenvalue weighted by molar-refractivity contribution is -0.597. The van der Waals surface area contributed by atoms with Crippen molar-refractivity contribution in [1.29, 1.82) is 5.41 Å². The lowest BCUT2D eigenvalue weighted by Gasteiger charge is -2.00. The first-order valence-electron chi connectivity index (χ1n) is 5.53. The van der Waals surface area contributed by atoms with Crippen molar-refractivity contribution in [2.24, 2.45) is 0 Å². The third-order valence-corrected chi connectivity index (χ3v) is 2.75. The van der Waals surface area contributed by atoms with Crippen LogP contribution in [0.5, 0.6) is 5.75 Å². The number of fused-ring (bicyclic) bond motifs is 1. The van der Waals surface area contributed by atoms with E-state index in [-0.39, 0.29) is 11.3 Å². The van der Waals surface area contributed by atoms with Crippen LogP contribution in [0, 0.1) is 5.41 Å². The first kappa shape index (κ1) is 10.5. The standard InChI is InChI=1S/C14H10N2O2/c15-14-11(16-7-2-1-3-8-16)9-10-5-4-6-12(17)13(10)18-14/h1-9,15H/p+1. The van der Waals surface area contributed by atoms with Crippen LogP contribution in [0.15, 0.2) is 59.3 Å². The van der Waals surface area contributed by atoms with Crippen molar-refractivity contribution >= 4 is 11.0 Å². The summed E-state index contributed by atoms with van der Waals surface area (Å²) in [5.74, 6) is 0.0469. The van der Waals surface area contributed by atoms with E-state index in [1.165, 1.54) is 0 Å². The summed E-state index contributed by atoms with van der Waals surface area (Å²) < 4.78 is 7.17. The molecule has 2 aromatic heterocycles. The number of pyridine rings is 1. The fourth-order valence-corrected chi connectivity index (χ4v) is 1.89. The summed E-state index contributed by atoms with van der Waals surface area (Å²) in [6.45, 7) is 0. The predicted octanol–water partition coefficient (Wildman–Crippen LogP) is 1.89. The molecule has 18 heavy (non-hydrogen) atoms. The second kappa shape index (κ2) is 4.00. The van der Waals surface area contributed by atoms with Crippen LogP contribution in [0.4, 0.5) is 0 Å². The molecule has 4 nitrogen and oxygen atoms in total. The summed E-state index contributed by atoms with van der Waals surface area (Å²) in [4.78, 5) is 0. The van der Waals surface area contributed by atoms with Gasteiger partial charge in [-0.25, -0.2) is 0 Å². The summed E-state index contributed by atoms with van der Waals surface area (Å²) in [7, 11) is 0. The second-order valence-corrected chi connectivity index (χ2v) is 3.94. The van der Waals surface area contributed by atoms with Crippen LogP contribution < -0.4 is 10.1 Å². The number of hydrogen-bond donors (Lipinski definition) is 2. The van der Waals surface area contributed by atoms with Crippen LogP contribution in [0.1, 0.15) is 0 Å². The minimum Gasteiger partial charge on any atom is -0.504 e. The van der Waals surface area contributed by atoms with Crippen LogP contribution in [0.2, 0.25) is 0 Å². The predicted molar refractivity (Wildman–Crippen MR) is 65.3 cm³/mol. The molecule has 0 fully saturated rings. The van der Waals surface area contributed by atoms with E-state index in [4.69, 9.17) is 9.83 Å². The Morgan fingerprint density at radius 3 is 2.61 bits per heavy atom. The Bertz CT molecular complexity index is 764. The van der Waals surface area contributed by atoms with Crippen molar-refractivity contribution < 1.29 is 14.1 Å². The molecular formula is C14H11N2O2+. The quantitative estimate of drug-likeness (QED) is 0.637. The number of nitrogens with one attached hydrogen (secondary N) is 1. The number of phenols is 1. The molecule has 3 rings (SSSR count). The van der Waals surface area contributed by atoms with Gasteiger partial charge in [0.2, 0.25) is 0 Å². The third-order valence-electron chi connectivity index (χ3n) is 2.75. The van der Waals surface area contributed by atoms with Gasteiger partial charge in [-0.15, -0.1) is 0 Å². The summed E-state index contributed by atoms with van der Waals surface area (Å²) in [6, 6.07) is 12.6. The molecule has 0 unspecified atom stereocenters. The summed E-state index contributed by atoms with van der Waals surface area (Å²) in [6.07, 6.45) is 3.69. The van der Waals surface area contributed by atoms with E-state index in [1.807, 2.05) is 42.7 Å². The largest absolute Gasteiger partial charge is 0.504 e. The van der Waals surface area contributed by atoms with Gasteiger partial charge in [0, 0.05) is 23.6 Å². The highest BCUT2D eigenvalue weighted by molar-refractivity contribution is 5.82. The zero-order valence-electron chi connectivity index (χ0n) is 9.50. The fraction of sp³-hybridized carbons (Fsp3) is 0. The van der Waals surface area contributed by atoms with E-state index in [1.54, 1.807) is 16.7 Å². The number of aromatic hydroxyl groups is 1. The molecular weight excluding hydrogens is 228 g/mol. The van der Waals surface area contributed by atoms with E-state index in [2.05, 4.69) is 0 Å². The molecule has 4 heteroatoms. The molecule has 2 N–H and O–H groups in total. The number of para-hydroxylation sites is 1. The molecule has 3 aromatic rings. The molecule has 0 bridgehead atoms. The van der Waals surface area contributed by atoms with Crippen molar-refractivity contribution in [3.63, 3.8) is 0 Å². The lowest BCUT2D eigenvalue weighted by Crippen LogP contribution is -2.35. The van der Waals surface area contributed by atoms with Crippen molar-refractivity contribution in [2.45, 2.75) is 0 Å². The van der Waals surface area contributed by atoms with Gasteiger partial charge in [0.15, 0.2) is 23.7 Å². The molecule has 2 heterocycles. The highest BCUT2D eigenvalue weighted by Crippen LogP contribution is 2.23. The maximum atomic E-state index is 9.67. The van der Waals surface area contributed by atoms with Crippen LogP contribution in [0.3, 0.4) is 0 Å². The van der Waals surface area contributed by atoms with Gasteiger partial charge in [-0.05, 0) is 6.07 Å². The number of phenolic OH excluding ortho intramolecular Hbond substituents is 1. The van der Waals surface area contributed by atoms with Gasteiger partial charge in [0.25, 0.3) is 11.2 Å². The van der Waals surface area contributed by atoms with E-state index in [0.717, 1.165) is 5.39 Å². The minimum atomic E-state index is 0.0141. The summed E-state index contributed by atoms with van der Waals surface area (Å²) in [5.41, 5.74) is 0.983. The Morgan fingerprint density at radius 1 is 1.06 bits per heavy atom. The average Bonchev–Trinajstić information content (AvgIpc) is 2.40. The molecule has 0 atom stereocenters. The van der Waals surface area contributed by atoms with E-state index in [0.29, 0.717) is 11.3 Å². The highest BCUT2D eigenvalue weighted by Gasteiger charge is 2.12. The molecule has 0 saturated heterocycles. The van der Waals surface area contributed by atoms with Crippen LogP contribution in [-0.2, 0) is 0 Å². The Morgan fingerprint density at radius 2 is 1.83 bits per heavy atom. The third kappa shape index (κ3) is 1.64. The average molecular weight is 239 g/mol. The first-order valence-corrected chi connectivity index (χ1v) is 5.53.